The number of carbonyl (C=O) groups is 1. The van der Waals surface area contributed by atoms with Crippen LogP contribution < -0.4 is 10.6 Å². The summed E-state index contributed by atoms with van der Waals surface area (Å²) in [5, 5.41) is 13.5. The van der Waals surface area contributed by atoms with E-state index in [4.69, 9.17) is 4.42 Å². The standard InChI is InChI=1S/C23H15F2N5O2/c24-15-10-8-13(9-11-15)22-29-30-23(32-22)28-20-21(31)26-18-7-2-1-6-17(18)19(27-20)14-4-3-5-16(25)12-14/h1-12,20H,(H,26,31)(H,28,30). The van der Waals surface area contributed by atoms with E-state index in [1.54, 1.807) is 36.4 Å². The number of benzodiazepines with no additional fused rings is 1. The summed E-state index contributed by atoms with van der Waals surface area (Å²) in [7, 11) is 0. The van der Waals surface area contributed by atoms with Crippen molar-refractivity contribution in [3.63, 3.8) is 0 Å². The quantitative estimate of drug-likeness (QED) is 0.504. The molecule has 1 aliphatic heterocycles. The number of halogens is 2. The SMILES string of the molecule is O=C1Nc2ccccc2C(c2cccc(F)c2)=NC1Nc1nnc(-c2ccc(F)cc2)o1. The number of aliphatic imine (C=N–C) groups is 1. The number of amides is 1. The van der Waals surface area contributed by atoms with E-state index in [2.05, 4.69) is 25.8 Å². The van der Waals surface area contributed by atoms with Gasteiger partial charge in [0.15, 0.2) is 0 Å². The van der Waals surface area contributed by atoms with E-state index in [9.17, 15) is 13.6 Å². The topological polar surface area (TPSA) is 92.4 Å². The highest BCUT2D eigenvalue weighted by atomic mass is 19.1. The van der Waals surface area contributed by atoms with Gasteiger partial charge in [0.25, 0.3) is 5.91 Å². The molecule has 0 spiro atoms. The van der Waals surface area contributed by atoms with Crippen molar-refractivity contribution in [1.29, 1.82) is 0 Å². The molecule has 1 atom stereocenters. The van der Waals surface area contributed by atoms with Crippen LogP contribution in [0.4, 0.5) is 20.5 Å². The summed E-state index contributed by atoms with van der Waals surface area (Å²) >= 11 is 0. The van der Waals surface area contributed by atoms with Crippen LogP contribution in [0.1, 0.15) is 11.1 Å². The van der Waals surface area contributed by atoms with Gasteiger partial charge in [0, 0.05) is 16.7 Å². The molecule has 0 saturated heterocycles. The number of aromatic nitrogens is 2. The van der Waals surface area contributed by atoms with Gasteiger partial charge in [-0.05, 0) is 42.5 Å². The number of anilines is 2. The maximum atomic E-state index is 13.9. The molecule has 1 aliphatic rings. The second-order valence-electron chi connectivity index (χ2n) is 6.99. The van der Waals surface area contributed by atoms with E-state index in [-0.39, 0.29) is 17.7 Å². The Labute approximate surface area is 180 Å². The lowest BCUT2D eigenvalue weighted by molar-refractivity contribution is -0.116. The lowest BCUT2D eigenvalue weighted by Gasteiger charge is -2.11. The number of hydrogen-bond donors (Lipinski definition) is 2. The van der Waals surface area contributed by atoms with Gasteiger partial charge in [-0.2, -0.15) is 0 Å². The number of rotatable bonds is 4. The second-order valence-corrected chi connectivity index (χ2v) is 6.99. The molecule has 0 aliphatic carbocycles. The van der Waals surface area contributed by atoms with Gasteiger partial charge in [0.2, 0.25) is 12.1 Å². The van der Waals surface area contributed by atoms with Gasteiger partial charge < -0.3 is 15.1 Å². The summed E-state index contributed by atoms with van der Waals surface area (Å²) in [6, 6.07) is 18.6. The first kappa shape index (κ1) is 19.6. The Kier molecular flexibility index (Phi) is 4.91. The zero-order chi connectivity index (χ0) is 22.1. The summed E-state index contributed by atoms with van der Waals surface area (Å²) in [6.45, 7) is 0. The molecule has 0 radical (unpaired) electrons. The van der Waals surface area contributed by atoms with Crippen LogP contribution in [0.5, 0.6) is 0 Å². The second kappa shape index (κ2) is 8.03. The molecule has 0 saturated carbocycles. The molecule has 2 N–H and O–H groups in total. The van der Waals surface area contributed by atoms with Crippen LogP contribution in [0.3, 0.4) is 0 Å². The first-order chi connectivity index (χ1) is 15.6. The van der Waals surface area contributed by atoms with E-state index in [0.29, 0.717) is 28.1 Å². The Hall–Kier alpha value is -4.40. The molecule has 32 heavy (non-hydrogen) atoms. The maximum absolute atomic E-state index is 13.9. The third kappa shape index (κ3) is 3.83. The zero-order valence-electron chi connectivity index (χ0n) is 16.4. The van der Waals surface area contributed by atoms with Crippen molar-refractivity contribution in [1.82, 2.24) is 10.2 Å². The van der Waals surface area contributed by atoms with Crippen molar-refractivity contribution in [2.75, 3.05) is 10.6 Å². The number of benzene rings is 3. The first-order valence-corrected chi connectivity index (χ1v) is 9.67. The molecule has 0 fully saturated rings. The van der Waals surface area contributed by atoms with Crippen LogP contribution in [0, 0.1) is 11.6 Å². The van der Waals surface area contributed by atoms with Crippen LogP contribution in [-0.4, -0.2) is 28.0 Å². The van der Waals surface area contributed by atoms with Crippen LogP contribution >= 0.6 is 0 Å². The van der Waals surface area contributed by atoms with Gasteiger partial charge in [0.05, 0.1) is 11.4 Å². The summed E-state index contributed by atoms with van der Waals surface area (Å²) in [5.41, 5.74) is 2.65. The Balaban J connectivity index is 1.51. The first-order valence-electron chi connectivity index (χ1n) is 9.67. The van der Waals surface area contributed by atoms with Gasteiger partial charge in [-0.15, -0.1) is 5.10 Å². The van der Waals surface area contributed by atoms with Crippen molar-refractivity contribution < 1.29 is 18.0 Å². The van der Waals surface area contributed by atoms with Gasteiger partial charge in [0.1, 0.15) is 11.6 Å². The van der Waals surface area contributed by atoms with Crippen LogP contribution in [-0.2, 0) is 4.79 Å². The average molecular weight is 431 g/mol. The molecule has 4 aromatic rings. The van der Waals surface area contributed by atoms with Crippen molar-refractivity contribution in [2.45, 2.75) is 6.17 Å². The number of fused-ring (bicyclic) bond motifs is 1. The molecule has 2 heterocycles. The summed E-state index contributed by atoms with van der Waals surface area (Å²) in [6.07, 6.45) is -1.12. The monoisotopic (exact) mass is 431 g/mol. The summed E-state index contributed by atoms with van der Waals surface area (Å²) in [5.74, 6) is -1.11. The summed E-state index contributed by atoms with van der Waals surface area (Å²) < 4.78 is 32.6. The maximum Gasteiger partial charge on any atom is 0.317 e. The minimum atomic E-state index is -1.12. The normalized spacial score (nSPS) is 15.4. The summed E-state index contributed by atoms with van der Waals surface area (Å²) in [4.78, 5) is 17.4. The molecular weight excluding hydrogens is 416 g/mol. The minimum Gasteiger partial charge on any atom is -0.403 e. The fraction of sp³-hybridized carbons (Fsp3) is 0.0435. The highest BCUT2D eigenvalue weighted by Gasteiger charge is 2.27. The minimum absolute atomic E-state index is 0.0437. The third-order valence-electron chi connectivity index (χ3n) is 4.82. The van der Waals surface area contributed by atoms with Crippen LogP contribution in [0.2, 0.25) is 0 Å². The Bertz CT molecular complexity index is 1330. The molecule has 9 heteroatoms. The lowest BCUT2D eigenvalue weighted by Crippen LogP contribution is -2.32. The van der Waals surface area contributed by atoms with Crippen molar-refractivity contribution >= 4 is 23.3 Å². The van der Waals surface area contributed by atoms with Crippen molar-refractivity contribution in [3.05, 3.63) is 95.6 Å². The van der Waals surface area contributed by atoms with E-state index in [1.807, 2.05) is 0 Å². The molecule has 1 aromatic heterocycles. The smallest absolute Gasteiger partial charge is 0.317 e. The van der Waals surface area contributed by atoms with Crippen LogP contribution in [0.25, 0.3) is 11.5 Å². The van der Waals surface area contributed by atoms with E-state index in [0.717, 1.165) is 0 Å². The Morgan fingerprint density at radius 2 is 1.69 bits per heavy atom. The van der Waals surface area contributed by atoms with Gasteiger partial charge >= 0.3 is 6.01 Å². The van der Waals surface area contributed by atoms with Gasteiger partial charge in [-0.25, -0.2) is 13.8 Å². The van der Waals surface area contributed by atoms with Crippen LogP contribution in [0.15, 0.2) is 82.2 Å². The Morgan fingerprint density at radius 3 is 2.50 bits per heavy atom. The number of hydrogen-bond acceptors (Lipinski definition) is 6. The number of para-hydroxylation sites is 1. The number of carbonyl (C=O) groups excluding carboxylic acids is 1. The molecule has 3 aromatic carbocycles. The zero-order valence-corrected chi connectivity index (χ0v) is 16.4. The highest BCUT2D eigenvalue weighted by molar-refractivity contribution is 6.19. The molecule has 5 rings (SSSR count). The Morgan fingerprint density at radius 1 is 0.875 bits per heavy atom. The largest absolute Gasteiger partial charge is 0.403 e. The predicted octanol–water partition coefficient (Wildman–Crippen LogP) is 4.24. The molecular formula is C23H15F2N5O2. The average Bonchev–Trinajstić information content (AvgIpc) is 3.20. The van der Waals surface area contributed by atoms with Gasteiger partial charge in [-0.1, -0.05) is 35.4 Å². The third-order valence-corrected chi connectivity index (χ3v) is 4.82. The van der Waals surface area contributed by atoms with Gasteiger partial charge in [-0.3, -0.25) is 4.79 Å². The molecule has 0 bridgehead atoms. The number of nitrogens with one attached hydrogen (secondary N) is 2. The fourth-order valence-corrected chi connectivity index (χ4v) is 3.33. The van der Waals surface area contributed by atoms with E-state index < -0.39 is 17.9 Å². The lowest BCUT2D eigenvalue weighted by atomic mass is 10.0. The molecule has 158 valence electrons. The van der Waals surface area contributed by atoms with Crippen molar-refractivity contribution in [2.24, 2.45) is 4.99 Å². The van der Waals surface area contributed by atoms with Crippen molar-refractivity contribution in [3.8, 4) is 11.5 Å². The molecule has 1 amide bonds. The highest BCUT2D eigenvalue weighted by Crippen LogP contribution is 2.26. The predicted molar refractivity (Wildman–Crippen MR) is 114 cm³/mol. The van der Waals surface area contributed by atoms with E-state index in [1.165, 1.54) is 36.4 Å². The molecule has 1 unspecified atom stereocenters. The fourth-order valence-electron chi connectivity index (χ4n) is 3.33. The molecule has 7 nitrogen and oxygen atoms in total. The number of nitrogens with zero attached hydrogens (tertiary/aromatic N) is 3. The van der Waals surface area contributed by atoms with E-state index >= 15 is 0 Å².